The second-order valence-electron chi connectivity index (χ2n) is 4.99. The molecular formula is C15H18ClNO2. The molecule has 3 nitrogen and oxygen atoms in total. The lowest BCUT2D eigenvalue weighted by Gasteiger charge is -2.07. The topological polar surface area (TPSA) is 30.5 Å². The van der Waals surface area contributed by atoms with Crippen molar-refractivity contribution in [1.82, 2.24) is 5.32 Å². The van der Waals surface area contributed by atoms with Crippen molar-refractivity contribution in [3.8, 4) is 11.5 Å². The Bertz CT molecular complexity index is 499. The van der Waals surface area contributed by atoms with Crippen LogP contribution in [0.2, 0.25) is 5.02 Å². The second kappa shape index (κ2) is 5.85. The summed E-state index contributed by atoms with van der Waals surface area (Å²) in [5.74, 6) is 1.42. The molecule has 4 heteroatoms. The molecule has 1 N–H and O–H groups in total. The molecule has 0 radical (unpaired) electrons. The molecule has 0 unspecified atom stereocenters. The van der Waals surface area contributed by atoms with Crippen LogP contribution in [0.25, 0.3) is 0 Å². The highest BCUT2D eigenvalue weighted by Crippen LogP contribution is 2.39. The predicted molar refractivity (Wildman–Crippen MR) is 75.8 cm³/mol. The van der Waals surface area contributed by atoms with Gasteiger partial charge in [0.25, 0.3) is 0 Å². The lowest BCUT2D eigenvalue weighted by Crippen LogP contribution is -2.15. The fourth-order valence-electron chi connectivity index (χ4n) is 2.57. The molecule has 1 aromatic rings. The van der Waals surface area contributed by atoms with Crippen molar-refractivity contribution in [2.45, 2.75) is 32.2 Å². The van der Waals surface area contributed by atoms with Crippen molar-refractivity contribution >= 4 is 11.6 Å². The van der Waals surface area contributed by atoms with Gasteiger partial charge in [-0.25, -0.2) is 0 Å². The van der Waals surface area contributed by atoms with E-state index < -0.39 is 0 Å². The summed E-state index contributed by atoms with van der Waals surface area (Å²) in [5.41, 5.74) is 2.73. The zero-order chi connectivity index (χ0) is 13.1. The van der Waals surface area contributed by atoms with Crippen LogP contribution in [-0.2, 0) is 6.54 Å². The lowest BCUT2D eigenvalue weighted by molar-refractivity contribution is 0.174. The number of fused-ring (bicyclic) bond motifs is 1. The summed E-state index contributed by atoms with van der Waals surface area (Å²) < 4.78 is 10.7. The highest BCUT2D eigenvalue weighted by Gasteiger charge is 2.17. The molecule has 0 atom stereocenters. The van der Waals surface area contributed by atoms with Gasteiger partial charge in [0.2, 0.25) is 6.79 Å². The summed E-state index contributed by atoms with van der Waals surface area (Å²) in [6, 6.07) is 3.94. The number of hydrogen-bond donors (Lipinski definition) is 1. The highest BCUT2D eigenvalue weighted by molar-refractivity contribution is 6.32. The maximum atomic E-state index is 6.15. The molecule has 3 rings (SSSR count). The van der Waals surface area contributed by atoms with Gasteiger partial charge in [-0.2, -0.15) is 0 Å². The fraction of sp³-hybridized carbons (Fsp3) is 0.467. The van der Waals surface area contributed by atoms with Crippen LogP contribution >= 0.6 is 11.6 Å². The van der Waals surface area contributed by atoms with Gasteiger partial charge < -0.3 is 14.8 Å². The number of nitrogens with one attached hydrogen (secondary N) is 1. The van der Waals surface area contributed by atoms with Crippen molar-refractivity contribution in [1.29, 1.82) is 0 Å². The quantitative estimate of drug-likeness (QED) is 0.659. The Labute approximate surface area is 118 Å². The molecule has 0 aromatic heterocycles. The van der Waals surface area contributed by atoms with E-state index >= 15 is 0 Å². The molecule has 0 saturated carbocycles. The molecule has 0 amide bonds. The molecule has 0 bridgehead atoms. The molecule has 2 aliphatic rings. The Balaban J connectivity index is 1.51. The normalized spacial score (nSPS) is 16.8. The van der Waals surface area contributed by atoms with Crippen LogP contribution in [0, 0.1) is 0 Å². The summed E-state index contributed by atoms with van der Waals surface area (Å²) in [6.45, 7) is 2.08. The van der Waals surface area contributed by atoms with E-state index in [1.165, 1.54) is 19.3 Å². The third-order valence-corrected chi connectivity index (χ3v) is 3.85. The molecule has 1 aliphatic carbocycles. The van der Waals surface area contributed by atoms with Gasteiger partial charge >= 0.3 is 0 Å². The van der Waals surface area contributed by atoms with Crippen molar-refractivity contribution in [3.05, 3.63) is 34.4 Å². The van der Waals surface area contributed by atoms with Gasteiger partial charge in [-0.05, 0) is 49.9 Å². The van der Waals surface area contributed by atoms with E-state index in [2.05, 4.69) is 11.4 Å². The number of benzene rings is 1. The SMILES string of the molecule is Clc1cc(CNCCC2=CCCC2)cc2c1OCO2. The van der Waals surface area contributed by atoms with Crippen LogP contribution in [0.5, 0.6) is 11.5 Å². The van der Waals surface area contributed by atoms with Crippen molar-refractivity contribution in [2.75, 3.05) is 13.3 Å². The first-order chi connectivity index (χ1) is 9.33. The Morgan fingerprint density at radius 2 is 2.21 bits per heavy atom. The average Bonchev–Trinajstić information content (AvgIpc) is 3.05. The third kappa shape index (κ3) is 3.04. The van der Waals surface area contributed by atoms with Crippen LogP contribution in [0.4, 0.5) is 0 Å². The zero-order valence-electron chi connectivity index (χ0n) is 10.9. The number of allylic oxidation sites excluding steroid dienone is 1. The summed E-state index contributed by atoms with van der Waals surface area (Å²) in [4.78, 5) is 0. The number of rotatable bonds is 5. The Morgan fingerprint density at radius 3 is 3.05 bits per heavy atom. The highest BCUT2D eigenvalue weighted by atomic mass is 35.5. The Kier molecular flexibility index (Phi) is 3.95. The molecule has 1 aromatic carbocycles. The van der Waals surface area contributed by atoms with Crippen molar-refractivity contribution in [3.63, 3.8) is 0 Å². The maximum absolute atomic E-state index is 6.15. The first-order valence-electron chi connectivity index (χ1n) is 6.79. The molecule has 0 spiro atoms. The minimum atomic E-state index is 0.264. The number of hydrogen-bond acceptors (Lipinski definition) is 3. The Hall–Kier alpha value is -1.19. The molecule has 102 valence electrons. The largest absolute Gasteiger partial charge is 0.454 e. The molecule has 0 saturated heterocycles. The maximum Gasteiger partial charge on any atom is 0.231 e. The second-order valence-corrected chi connectivity index (χ2v) is 5.40. The van der Waals surface area contributed by atoms with Crippen LogP contribution < -0.4 is 14.8 Å². The van der Waals surface area contributed by atoms with E-state index in [-0.39, 0.29) is 6.79 Å². The predicted octanol–water partition coefficient (Wildman–Crippen LogP) is 3.66. The summed E-state index contributed by atoms with van der Waals surface area (Å²) in [5, 5.41) is 4.08. The van der Waals surface area contributed by atoms with Gasteiger partial charge in [-0.15, -0.1) is 0 Å². The first kappa shape index (κ1) is 12.8. The lowest BCUT2D eigenvalue weighted by atomic mass is 10.1. The van der Waals surface area contributed by atoms with Crippen LogP contribution in [0.15, 0.2) is 23.8 Å². The summed E-state index contributed by atoms with van der Waals surface area (Å²) in [6.07, 6.45) is 7.38. The molecule has 1 heterocycles. The monoisotopic (exact) mass is 279 g/mol. The Morgan fingerprint density at radius 1 is 1.26 bits per heavy atom. The van der Waals surface area contributed by atoms with Gasteiger partial charge in [0.05, 0.1) is 5.02 Å². The van der Waals surface area contributed by atoms with Crippen molar-refractivity contribution < 1.29 is 9.47 Å². The summed E-state index contributed by atoms with van der Waals surface area (Å²) in [7, 11) is 0. The van der Waals surface area contributed by atoms with E-state index in [0.717, 1.165) is 30.8 Å². The van der Waals surface area contributed by atoms with Gasteiger partial charge in [0.1, 0.15) is 0 Å². The fourth-order valence-corrected chi connectivity index (χ4v) is 2.86. The number of ether oxygens (including phenoxy) is 2. The number of halogens is 1. The molecule has 0 fully saturated rings. The zero-order valence-corrected chi connectivity index (χ0v) is 11.6. The minimum absolute atomic E-state index is 0.264. The van der Waals surface area contributed by atoms with Crippen LogP contribution in [-0.4, -0.2) is 13.3 Å². The molecule has 1 aliphatic heterocycles. The van der Waals surface area contributed by atoms with E-state index in [1.54, 1.807) is 5.57 Å². The molecular weight excluding hydrogens is 262 g/mol. The van der Waals surface area contributed by atoms with E-state index in [9.17, 15) is 0 Å². The average molecular weight is 280 g/mol. The minimum Gasteiger partial charge on any atom is -0.454 e. The van der Waals surface area contributed by atoms with E-state index in [0.29, 0.717) is 10.8 Å². The molecule has 19 heavy (non-hydrogen) atoms. The van der Waals surface area contributed by atoms with Gasteiger partial charge in [0, 0.05) is 6.54 Å². The smallest absolute Gasteiger partial charge is 0.231 e. The van der Waals surface area contributed by atoms with Crippen molar-refractivity contribution in [2.24, 2.45) is 0 Å². The third-order valence-electron chi connectivity index (χ3n) is 3.57. The van der Waals surface area contributed by atoms with E-state index in [1.807, 2.05) is 12.1 Å². The van der Waals surface area contributed by atoms with Gasteiger partial charge in [-0.3, -0.25) is 0 Å². The first-order valence-corrected chi connectivity index (χ1v) is 7.17. The van der Waals surface area contributed by atoms with E-state index in [4.69, 9.17) is 21.1 Å². The van der Waals surface area contributed by atoms with Crippen LogP contribution in [0.3, 0.4) is 0 Å². The van der Waals surface area contributed by atoms with Crippen LogP contribution in [0.1, 0.15) is 31.2 Å². The van der Waals surface area contributed by atoms with Gasteiger partial charge in [0.15, 0.2) is 11.5 Å². The van der Waals surface area contributed by atoms with Gasteiger partial charge in [-0.1, -0.05) is 23.3 Å². The summed E-state index contributed by atoms with van der Waals surface area (Å²) >= 11 is 6.15. The standard InChI is InChI=1S/C15H18ClNO2/c16-13-7-12(8-14-15(13)19-10-18-14)9-17-6-5-11-3-1-2-4-11/h3,7-8,17H,1-2,4-6,9-10H2.